The van der Waals surface area contributed by atoms with Crippen LogP contribution in [0.5, 0.6) is 0 Å². The lowest BCUT2D eigenvalue weighted by molar-refractivity contribution is 0.544. The fourth-order valence-electron chi connectivity index (χ4n) is 2.44. The highest BCUT2D eigenvalue weighted by molar-refractivity contribution is 7.99. The Bertz CT molecular complexity index is 485. The average molecular weight is 314 g/mol. The van der Waals surface area contributed by atoms with Crippen molar-refractivity contribution in [2.45, 2.75) is 63.7 Å². The number of anilines is 1. The van der Waals surface area contributed by atoms with Crippen LogP contribution in [0, 0.1) is 6.92 Å². The minimum atomic E-state index is -0.0920. The zero-order valence-corrected chi connectivity index (χ0v) is 14.5. The zero-order valence-electron chi connectivity index (χ0n) is 13.0. The van der Waals surface area contributed by atoms with Gasteiger partial charge in [0.2, 0.25) is 0 Å². The van der Waals surface area contributed by atoms with Gasteiger partial charge in [0.1, 0.15) is 16.8 Å². The van der Waals surface area contributed by atoms with E-state index < -0.39 is 0 Å². The van der Waals surface area contributed by atoms with Crippen molar-refractivity contribution >= 4 is 29.2 Å². The number of aromatic nitrogens is 2. The van der Waals surface area contributed by atoms with Crippen LogP contribution < -0.4 is 5.32 Å². The Kier molecular flexibility index (Phi) is 4.85. The van der Waals surface area contributed by atoms with Crippen molar-refractivity contribution in [1.29, 1.82) is 0 Å². The van der Waals surface area contributed by atoms with Crippen molar-refractivity contribution in [2.24, 2.45) is 0 Å². The lowest BCUT2D eigenvalue weighted by atomic mass is 9.95. The second kappa shape index (κ2) is 6.10. The van der Waals surface area contributed by atoms with Gasteiger partial charge in [-0.3, -0.25) is 0 Å². The molecular formula is C15H24ClN3S. The molecule has 0 aromatic carbocycles. The maximum Gasteiger partial charge on any atom is 0.137 e. The van der Waals surface area contributed by atoms with E-state index in [-0.39, 0.29) is 5.41 Å². The van der Waals surface area contributed by atoms with Gasteiger partial charge in [-0.05, 0) is 32.4 Å². The van der Waals surface area contributed by atoms with Gasteiger partial charge in [-0.15, -0.1) is 0 Å². The summed E-state index contributed by atoms with van der Waals surface area (Å²) in [7, 11) is 0. The summed E-state index contributed by atoms with van der Waals surface area (Å²) in [6.45, 7) is 8.31. The van der Waals surface area contributed by atoms with Gasteiger partial charge >= 0.3 is 0 Å². The first-order valence-electron chi connectivity index (χ1n) is 7.15. The molecule has 1 aromatic heterocycles. The Morgan fingerprint density at radius 3 is 2.50 bits per heavy atom. The minimum Gasteiger partial charge on any atom is -0.367 e. The Morgan fingerprint density at radius 1 is 1.25 bits per heavy atom. The average Bonchev–Trinajstić information content (AvgIpc) is 2.81. The van der Waals surface area contributed by atoms with Gasteiger partial charge in [-0.1, -0.05) is 32.4 Å². The predicted molar refractivity (Wildman–Crippen MR) is 89.0 cm³/mol. The summed E-state index contributed by atoms with van der Waals surface area (Å²) in [6, 6.07) is 0.505. The van der Waals surface area contributed by atoms with Crippen LogP contribution >= 0.6 is 23.4 Å². The van der Waals surface area contributed by atoms with Crippen molar-refractivity contribution in [3.05, 3.63) is 16.5 Å². The molecule has 112 valence electrons. The molecule has 20 heavy (non-hydrogen) atoms. The third-order valence-corrected chi connectivity index (χ3v) is 5.28. The van der Waals surface area contributed by atoms with Crippen LogP contribution in [0.2, 0.25) is 5.15 Å². The highest BCUT2D eigenvalue weighted by Gasteiger charge is 2.26. The van der Waals surface area contributed by atoms with E-state index in [1.807, 2.05) is 18.7 Å². The normalized spacial score (nSPS) is 23.1. The third-order valence-electron chi connectivity index (χ3n) is 3.82. The van der Waals surface area contributed by atoms with Crippen molar-refractivity contribution in [3.63, 3.8) is 0 Å². The van der Waals surface area contributed by atoms with Crippen LogP contribution in [0.15, 0.2) is 0 Å². The van der Waals surface area contributed by atoms with Gasteiger partial charge in [0.25, 0.3) is 0 Å². The number of nitrogens with zero attached hydrogens (tertiary/aromatic N) is 2. The van der Waals surface area contributed by atoms with Gasteiger partial charge in [-0.2, -0.15) is 11.8 Å². The number of nitrogens with one attached hydrogen (secondary N) is 1. The number of hydrogen-bond donors (Lipinski definition) is 1. The first-order chi connectivity index (χ1) is 9.31. The van der Waals surface area contributed by atoms with E-state index in [2.05, 4.69) is 37.3 Å². The molecule has 5 heteroatoms. The summed E-state index contributed by atoms with van der Waals surface area (Å²) in [5, 5.41) is 4.91. The molecule has 1 saturated carbocycles. The first-order valence-corrected chi connectivity index (χ1v) is 8.81. The predicted octanol–water partition coefficient (Wildman–Crippen LogP) is 4.43. The lowest BCUT2D eigenvalue weighted by Crippen LogP contribution is -2.22. The van der Waals surface area contributed by atoms with E-state index in [1.165, 1.54) is 19.3 Å². The quantitative estimate of drug-likeness (QED) is 0.838. The molecule has 3 nitrogen and oxygen atoms in total. The molecule has 1 fully saturated rings. The molecule has 1 N–H and O–H groups in total. The monoisotopic (exact) mass is 313 g/mol. The zero-order chi connectivity index (χ0) is 14.9. The molecule has 2 rings (SSSR count). The summed E-state index contributed by atoms with van der Waals surface area (Å²) in [5.74, 6) is 1.71. The molecule has 1 aliphatic rings. The van der Waals surface area contributed by atoms with Crippen molar-refractivity contribution in [1.82, 2.24) is 9.97 Å². The van der Waals surface area contributed by atoms with Gasteiger partial charge in [-0.25, -0.2) is 9.97 Å². The van der Waals surface area contributed by atoms with Crippen molar-refractivity contribution in [3.8, 4) is 0 Å². The van der Waals surface area contributed by atoms with Crippen LogP contribution in [0.25, 0.3) is 0 Å². The summed E-state index contributed by atoms with van der Waals surface area (Å²) in [5.41, 5.74) is 0.859. The third kappa shape index (κ3) is 3.59. The van der Waals surface area contributed by atoms with Gasteiger partial charge in [0.05, 0.1) is 0 Å². The molecule has 2 atom stereocenters. The fraction of sp³-hybridized carbons (Fsp3) is 0.733. The van der Waals surface area contributed by atoms with Crippen molar-refractivity contribution < 1.29 is 0 Å². The Hall–Kier alpha value is -0.480. The van der Waals surface area contributed by atoms with Gasteiger partial charge < -0.3 is 5.32 Å². The molecule has 1 heterocycles. The van der Waals surface area contributed by atoms with Crippen LogP contribution in [-0.2, 0) is 5.41 Å². The maximum atomic E-state index is 6.27. The van der Waals surface area contributed by atoms with Gasteiger partial charge in [0.15, 0.2) is 0 Å². The lowest BCUT2D eigenvalue weighted by Gasteiger charge is -2.21. The van der Waals surface area contributed by atoms with Crippen LogP contribution in [0.4, 0.5) is 5.82 Å². The number of hydrogen-bond acceptors (Lipinski definition) is 4. The van der Waals surface area contributed by atoms with Gasteiger partial charge in [0, 0.05) is 22.3 Å². The first kappa shape index (κ1) is 15.9. The smallest absolute Gasteiger partial charge is 0.137 e. The largest absolute Gasteiger partial charge is 0.367 e. The highest BCUT2D eigenvalue weighted by atomic mass is 35.5. The standard InChI is InChI=1S/C15H24ClN3S/c1-9-12(16)18-14(15(2,3)4)19-13(9)17-10-6-7-11(8-10)20-5/h10-11H,6-8H2,1-5H3,(H,17,18,19). The number of halogens is 1. The van der Waals surface area contributed by atoms with Crippen LogP contribution in [0.3, 0.4) is 0 Å². The van der Waals surface area contributed by atoms with E-state index in [4.69, 9.17) is 16.6 Å². The molecule has 0 bridgehead atoms. The molecule has 0 amide bonds. The Morgan fingerprint density at radius 2 is 1.95 bits per heavy atom. The topological polar surface area (TPSA) is 37.8 Å². The maximum absolute atomic E-state index is 6.27. The highest BCUT2D eigenvalue weighted by Crippen LogP contribution is 2.32. The molecule has 2 unspecified atom stereocenters. The number of rotatable bonds is 3. The summed E-state index contributed by atoms with van der Waals surface area (Å²) in [6.07, 6.45) is 5.88. The molecule has 0 radical (unpaired) electrons. The summed E-state index contributed by atoms with van der Waals surface area (Å²) >= 11 is 8.23. The van der Waals surface area contributed by atoms with E-state index in [9.17, 15) is 0 Å². The molecule has 1 aliphatic carbocycles. The van der Waals surface area contributed by atoms with E-state index in [1.54, 1.807) is 0 Å². The minimum absolute atomic E-state index is 0.0920. The van der Waals surface area contributed by atoms with Crippen LogP contribution in [-0.4, -0.2) is 27.5 Å². The summed E-state index contributed by atoms with van der Waals surface area (Å²) < 4.78 is 0. The molecule has 0 saturated heterocycles. The van der Waals surface area contributed by atoms with E-state index in [0.29, 0.717) is 11.2 Å². The van der Waals surface area contributed by atoms with E-state index in [0.717, 1.165) is 22.5 Å². The Labute approximate surface area is 131 Å². The van der Waals surface area contributed by atoms with Crippen LogP contribution in [0.1, 0.15) is 51.4 Å². The number of thioether (sulfide) groups is 1. The molecule has 1 aromatic rings. The SMILES string of the molecule is CSC1CCC(Nc2nc(C(C)(C)C)nc(Cl)c2C)C1. The van der Waals surface area contributed by atoms with Crippen molar-refractivity contribution in [2.75, 3.05) is 11.6 Å². The molecular weight excluding hydrogens is 290 g/mol. The fourth-order valence-corrected chi connectivity index (χ4v) is 3.41. The second-order valence-electron chi connectivity index (χ2n) is 6.57. The molecule has 0 aliphatic heterocycles. The Balaban J connectivity index is 2.21. The second-order valence-corrected chi connectivity index (χ2v) is 8.07. The van der Waals surface area contributed by atoms with E-state index >= 15 is 0 Å². The summed E-state index contributed by atoms with van der Waals surface area (Å²) in [4.78, 5) is 9.13. The molecule has 0 spiro atoms.